The van der Waals surface area contributed by atoms with Crippen LogP contribution in [0.25, 0.3) is 0 Å². The number of nitrogens with one attached hydrogen (secondary N) is 1. The average molecular weight is 433 g/mol. The topological polar surface area (TPSA) is 64.3 Å². The standard InChI is InChI=1S/C21H18Cl2N2O2S/c22-16-5-4-6-17(23)19(16)25-21(11-2-1-3-12-21)13-18(26)27-15-9-7-14(8-10-15)20(24)28/h1-11,25H,12-13H2,(H2,24,28). The van der Waals surface area contributed by atoms with Crippen molar-refractivity contribution in [3.8, 4) is 5.75 Å². The highest BCUT2D eigenvalue weighted by Crippen LogP contribution is 2.36. The molecule has 0 saturated heterocycles. The summed E-state index contributed by atoms with van der Waals surface area (Å²) in [7, 11) is 0. The molecule has 3 rings (SSSR count). The lowest BCUT2D eigenvalue weighted by atomic mass is 9.87. The number of carbonyl (C=O) groups excluding carboxylic acids is 1. The molecule has 0 saturated carbocycles. The quantitative estimate of drug-likeness (QED) is 0.368. The van der Waals surface area contributed by atoms with E-state index in [1.807, 2.05) is 24.3 Å². The minimum absolute atomic E-state index is 0.0897. The number of halogens is 2. The Hall–Kier alpha value is -2.34. The second-order valence-electron chi connectivity index (χ2n) is 6.41. The number of esters is 1. The fourth-order valence-corrected chi connectivity index (χ4v) is 3.54. The summed E-state index contributed by atoms with van der Waals surface area (Å²) in [6, 6.07) is 12.0. The maximum atomic E-state index is 12.6. The maximum Gasteiger partial charge on any atom is 0.313 e. The van der Waals surface area contributed by atoms with Crippen LogP contribution in [0.15, 0.2) is 66.8 Å². The van der Waals surface area contributed by atoms with E-state index in [0.717, 1.165) is 0 Å². The summed E-state index contributed by atoms with van der Waals surface area (Å²) < 4.78 is 5.49. The number of hydrogen-bond acceptors (Lipinski definition) is 4. The summed E-state index contributed by atoms with van der Waals surface area (Å²) >= 11 is 17.5. The number of ether oxygens (including phenoxy) is 1. The van der Waals surface area contributed by atoms with Crippen molar-refractivity contribution in [3.05, 3.63) is 82.4 Å². The highest BCUT2D eigenvalue weighted by Gasteiger charge is 2.32. The van der Waals surface area contributed by atoms with Gasteiger partial charge in [-0.25, -0.2) is 0 Å². The number of hydrogen-bond donors (Lipinski definition) is 2. The molecule has 144 valence electrons. The monoisotopic (exact) mass is 432 g/mol. The lowest BCUT2D eigenvalue weighted by Gasteiger charge is -2.33. The van der Waals surface area contributed by atoms with E-state index in [2.05, 4.69) is 5.32 Å². The van der Waals surface area contributed by atoms with Gasteiger partial charge in [0.05, 0.1) is 27.7 Å². The van der Waals surface area contributed by atoms with Gasteiger partial charge in [0.25, 0.3) is 0 Å². The Morgan fingerprint density at radius 3 is 2.39 bits per heavy atom. The predicted octanol–water partition coefficient (Wildman–Crippen LogP) is 5.29. The molecule has 0 aliphatic heterocycles. The average Bonchev–Trinajstić information content (AvgIpc) is 2.66. The Balaban J connectivity index is 1.77. The van der Waals surface area contributed by atoms with Gasteiger partial charge in [-0.3, -0.25) is 4.79 Å². The van der Waals surface area contributed by atoms with Gasteiger partial charge in [0.2, 0.25) is 0 Å². The minimum Gasteiger partial charge on any atom is -0.426 e. The zero-order chi connectivity index (χ0) is 20.1. The molecular formula is C21H18Cl2N2O2S. The van der Waals surface area contributed by atoms with Crippen molar-refractivity contribution < 1.29 is 9.53 Å². The first-order valence-corrected chi connectivity index (χ1v) is 9.72. The molecule has 0 heterocycles. The fourth-order valence-electron chi connectivity index (χ4n) is 2.91. The molecule has 7 heteroatoms. The highest BCUT2D eigenvalue weighted by molar-refractivity contribution is 7.80. The molecule has 0 fully saturated rings. The molecule has 1 atom stereocenters. The minimum atomic E-state index is -0.695. The zero-order valence-corrected chi connectivity index (χ0v) is 17.2. The first-order valence-electron chi connectivity index (χ1n) is 8.56. The molecule has 0 bridgehead atoms. The van der Waals surface area contributed by atoms with E-state index in [4.69, 9.17) is 45.9 Å². The number of rotatable bonds is 6. The Bertz CT molecular complexity index is 937. The van der Waals surface area contributed by atoms with Crippen LogP contribution in [-0.2, 0) is 4.79 Å². The van der Waals surface area contributed by atoms with Gasteiger partial charge in [-0.2, -0.15) is 0 Å². The lowest BCUT2D eigenvalue weighted by Crippen LogP contribution is -2.40. The Morgan fingerprint density at radius 1 is 1.14 bits per heavy atom. The van der Waals surface area contributed by atoms with Crippen LogP contribution < -0.4 is 15.8 Å². The summed E-state index contributed by atoms with van der Waals surface area (Å²) in [6.07, 6.45) is 8.37. The van der Waals surface area contributed by atoms with Crippen LogP contribution in [0, 0.1) is 0 Å². The van der Waals surface area contributed by atoms with Crippen LogP contribution in [0.5, 0.6) is 5.75 Å². The number of anilines is 1. The fraction of sp³-hybridized carbons (Fsp3) is 0.143. The normalized spacial score (nSPS) is 17.9. The van der Waals surface area contributed by atoms with Gasteiger partial charge in [-0.05, 0) is 42.8 Å². The maximum absolute atomic E-state index is 12.6. The van der Waals surface area contributed by atoms with Crippen LogP contribution in [-0.4, -0.2) is 16.5 Å². The third-order valence-electron chi connectivity index (χ3n) is 4.31. The number of benzene rings is 2. The molecule has 4 nitrogen and oxygen atoms in total. The SMILES string of the molecule is NC(=S)c1ccc(OC(=O)CC2(Nc3c(Cl)cccc3Cl)C=CC=CC2)cc1. The van der Waals surface area contributed by atoms with Gasteiger partial charge in [0.1, 0.15) is 10.7 Å². The lowest BCUT2D eigenvalue weighted by molar-refractivity contribution is -0.135. The van der Waals surface area contributed by atoms with Crippen molar-refractivity contribution in [3.63, 3.8) is 0 Å². The van der Waals surface area contributed by atoms with Crippen molar-refractivity contribution in [1.82, 2.24) is 0 Å². The Labute approximate surface area is 179 Å². The summed E-state index contributed by atoms with van der Waals surface area (Å²) in [5, 5.41) is 4.30. The van der Waals surface area contributed by atoms with Crippen molar-refractivity contribution >= 4 is 52.1 Å². The summed E-state index contributed by atoms with van der Waals surface area (Å²) in [5.41, 5.74) is 6.18. The van der Waals surface area contributed by atoms with Crippen molar-refractivity contribution in [2.45, 2.75) is 18.4 Å². The van der Waals surface area contributed by atoms with E-state index in [9.17, 15) is 4.79 Å². The zero-order valence-electron chi connectivity index (χ0n) is 14.8. The smallest absolute Gasteiger partial charge is 0.313 e. The third kappa shape index (κ3) is 4.93. The van der Waals surface area contributed by atoms with Crippen LogP contribution in [0.4, 0.5) is 5.69 Å². The second kappa shape index (κ2) is 8.78. The molecular weight excluding hydrogens is 415 g/mol. The highest BCUT2D eigenvalue weighted by atomic mass is 35.5. The molecule has 0 amide bonds. The third-order valence-corrected chi connectivity index (χ3v) is 5.18. The number of para-hydroxylation sites is 1. The van der Waals surface area contributed by atoms with Crippen LogP contribution >= 0.6 is 35.4 Å². The largest absolute Gasteiger partial charge is 0.426 e. The van der Waals surface area contributed by atoms with Crippen molar-refractivity contribution in [2.75, 3.05) is 5.32 Å². The van der Waals surface area contributed by atoms with Gasteiger partial charge >= 0.3 is 5.97 Å². The van der Waals surface area contributed by atoms with Crippen molar-refractivity contribution in [2.24, 2.45) is 5.73 Å². The molecule has 1 unspecified atom stereocenters. The molecule has 1 aliphatic rings. The van der Waals surface area contributed by atoms with Crippen LogP contribution in [0.2, 0.25) is 10.0 Å². The first-order chi connectivity index (χ1) is 13.4. The van der Waals surface area contributed by atoms with E-state index in [1.165, 1.54) is 0 Å². The van der Waals surface area contributed by atoms with E-state index < -0.39 is 11.5 Å². The van der Waals surface area contributed by atoms with Crippen molar-refractivity contribution in [1.29, 1.82) is 0 Å². The molecule has 0 spiro atoms. The van der Waals surface area contributed by atoms with E-state index in [0.29, 0.717) is 33.5 Å². The van der Waals surface area contributed by atoms with Gasteiger partial charge < -0.3 is 15.8 Å². The van der Waals surface area contributed by atoms with Gasteiger partial charge in [0, 0.05) is 5.56 Å². The Kier molecular flexibility index (Phi) is 6.39. The van der Waals surface area contributed by atoms with E-state index in [-0.39, 0.29) is 11.4 Å². The van der Waals surface area contributed by atoms with Gasteiger partial charge in [0.15, 0.2) is 0 Å². The van der Waals surface area contributed by atoms with Gasteiger partial charge in [-0.15, -0.1) is 0 Å². The van der Waals surface area contributed by atoms with Gasteiger partial charge in [-0.1, -0.05) is 65.8 Å². The molecule has 1 aliphatic carbocycles. The molecule has 2 aromatic rings. The molecule has 0 radical (unpaired) electrons. The van der Waals surface area contributed by atoms with Crippen LogP contribution in [0.3, 0.4) is 0 Å². The second-order valence-corrected chi connectivity index (χ2v) is 7.66. The predicted molar refractivity (Wildman–Crippen MR) is 118 cm³/mol. The summed E-state index contributed by atoms with van der Waals surface area (Å²) in [5.74, 6) is 0.0324. The first kappa shape index (κ1) is 20.4. The number of carbonyl (C=O) groups is 1. The van der Waals surface area contributed by atoms with E-state index in [1.54, 1.807) is 42.5 Å². The summed E-state index contributed by atoms with van der Waals surface area (Å²) in [6.45, 7) is 0. The number of thiocarbonyl (C=S) groups is 1. The van der Waals surface area contributed by atoms with Crippen LogP contribution in [0.1, 0.15) is 18.4 Å². The number of allylic oxidation sites excluding steroid dienone is 2. The molecule has 2 aromatic carbocycles. The van der Waals surface area contributed by atoms with E-state index >= 15 is 0 Å². The molecule has 28 heavy (non-hydrogen) atoms. The molecule has 0 aromatic heterocycles. The summed E-state index contributed by atoms with van der Waals surface area (Å²) in [4.78, 5) is 12.9. The number of nitrogens with two attached hydrogens (primary N) is 1. The molecule has 3 N–H and O–H groups in total. The Morgan fingerprint density at radius 2 is 1.82 bits per heavy atom.